The summed E-state index contributed by atoms with van der Waals surface area (Å²) in [5.74, 6) is -0.286. The van der Waals surface area contributed by atoms with Gasteiger partial charge in [0.2, 0.25) is 5.82 Å². The van der Waals surface area contributed by atoms with Crippen LogP contribution in [0, 0.1) is 5.92 Å². The van der Waals surface area contributed by atoms with Crippen LogP contribution in [0.15, 0.2) is 22.7 Å². The van der Waals surface area contributed by atoms with Crippen molar-refractivity contribution in [2.24, 2.45) is 5.92 Å². The number of hydrogen-bond donors (Lipinski definition) is 1. The topological polar surface area (TPSA) is 77.2 Å². The van der Waals surface area contributed by atoms with E-state index in [1.165, 1.54) is 0 Å². The van der Waals surface area contributed by atoms with Crippen LogP contribution < -0.4 is 5.32 Å². The summed E-state index contributed by atoms with van der Waals surface area (Å²) >= 11 is 0. The van der Waals surface area contributed by atoms with Crippen LogP contribution in [-0.4, -0.2) is 22.8 Å². The van der Waals surface area contributed by atoms with Gasteiger partial charge in [-0.2, -0.15) is 13.8 Å². The van der Waals surface area contributed by atoms with Crippen molar-refractivity contribution in [2.45, 2.75) is 39.2 Å². The van der Waals surface area contributed by atoms with Gasteiger partial charge in [0.1, 0.15) is 0 Å². The first kappa shape index (κ1) is 17.3. The molecule has 0 radical (unpaired) electrons. The molecule has 0 bridgehead atoms. The van der Waals surface area contributed by atoms with E-state index in [4.69, 9.17) is 4.74 Å². The molecule has 134 valence electrons. The maximum Gasteiger partial charge on any atom is 0.407 e. The molecule has 1 aliphatic carbocycles. The highest BCUT2D eigenvalue weighted by molar-refractivity contribution is 5.68. The average Bonchev–Trinajstić information content (AvgIpc) is 3.20. The summed E-state index contributed by atoms with van der Waals surface area (Å²) in [6.45, 7) is 4.31. The van der Waals surface area contributed by atoms with Crippen molar-refractivity contribution in [1.82, 2.24) is 15.5 Å². The van der Waals surface area contributed by atoms with E-state index in [0.717, 1.165) is 24.0 Å². The zero-order valence-corrected chi connectivity index (χ0v) is 14.0. The summed E-state index contributed by atoms with van der Waals surface area (Å²) in [4.78, 5) is 15.5. The van der Waals surface area contributed by atoms with E-state index in [0.29, 0.717) is 12.2 Å². The number of carbonyl (C=O) groups excluding carboxylic acids is 1. The van der Waals surface area contributed by atoms with Gasteiger partial charge in [0.25, 0.3) is 5.89 Å². The number of hydrogen-bond acceptors (Lipinski definition) is 5. The lowest BCUT2D eigenvalue weighted by Crippen LogP contribution is -2.28. The molecule has 0 saturated heterocycles. The van der Waals surface area contributed by atoms with Crippen molar-refractivity contribution in [3.63, 3.8) is 0 Å². The maximum absolute atomic E-state index is 12.6. The van der Waals surface area contributed by atoms with Crippen molar-refractivity contribution >= 4 is 6.09 Å². The average molecular weight is 351 g/mol. The van der Waals surface area contributed by atoms with Gasteiger partial charge >= 0.3 is 12.5 Å². The zero-order valence-electron chi connectivity index (χ0n) is 14.0. The highest BCUT2D eigenvalue weighted by Gasteiger charge is 2.26. The number of rotatable bonds is 5. The van der Waals surface area contributed by atoms with Crippen molar-refractivity contribution in [3.05, 3.63) is 35.2 Å². The molecule has 0 saturated carbocycles. The van der Waals surface area contributed by atoms with Crippen LogP contribution in [0.3, 0.4) is 0 Å². The summed E-state index contributed by atoms with van der Waals surface area (Å²) in [6.07, 6.45) is -1.71. The van der Waals surface area contributed by atoms with E-state index >= 15 is 0 Å². The van der Waals surface area contributed by atoms with Gasteiger partial charge in [0.15, 0.2) is 0 Å². The minimum atomic E-state index is -2.79. The second kappa shape index (κ2) is 7.16. The first-order valence-corrected chi connectivity index (χ1v) is 8.12. The maximum atomic E-state index is 12.6. The second-order valence-corrected chi connectivity index (χ2v) is 6.40. The molecule has 25 heavy (non-hydrogen) atoms. The Morgan fingerprint density at radius 2 is 2.24 bits per heavy atom. The Balaban J connectivity index is 1.70. The molecule has 1 amide bonds. The van der Waals surface area contributed by atoms with Gasteiger partial charge in [0.05, 0.1) is 12.6 Å². The molecular formula is C17H19F2N3O3. The Kier molecular flexibility index (Phi) is 4.96. The summed E-state index contributed by atoms with van der Waals surface area (Å²) in [6, 6.07) is 5.31. The van der Waals surface area contributed by atoms with E-state index < -0.39 is 18.4 Å². The van der Waals surface area contributed by atoms with Crippen LogP contribution >= 0.6 is 0 Å². The van der Waals surface area contributed by atoms with Crippen LogP contribution in [0.2, 0.25) is 0 Å². The van der Waals surface area contributed by atoms with E-state index in [-0.39, 0.29) is 17.8 Å². The zero-order chi connectivity index (χ0) is 18.0. The number of aromatic nitrogens is 2. The Morgan fingerprint density at radius 1 is 1.44 bits per heavy atom. The van der Waals surface area contributed by atoms with Gasteiger partial charge in [-0.15, -0.1) is 0 Å². The standard InChI is InChI=1S/C17H19F2N3O3/c1-9(2)8-24-17(23)20-13-6-4-10-7-11(3-5-12(10)13)15-21-16(14(18)19)25-22-15/h3,5,7,9,13-14H,4,6,8H2,1-2H3,(H,20,23)/t13-/m1/s1. The molecule has 2 aromatic rings. The quantitative estimate of drug-likeness (QED) is 0.879. The number of aryl methyl sites for hydroxylation is 1. The molecule has 1 aromatic carbocycles. The molecule has 3 rings (SSSR count). The SMILES string of the molecule is CC(C)COC(=O)N[C@@H]1CCc2cc(-c3noc(C(F)F)n3)ccc21. The van der Waals surface area contributed by atoms with Crippen LogP contribution in [-0.2, 0) is 11.2 Å². The lowest BCUT2D eigenvalue weighted by Gasteiger charge is -2.15. The van der Waals surface area contributed by atoms with Crippen LogP contribution in [0.25, 0.3) is 11.4 Å². The van der Waals surface area contributed by atoms with Crippen molar-refractivity contribution < 1.29 is 22.8 Å². The number of amides is 1. The third-order valence-electron chi connectivity index (χ3n) is 3.95. The van der Waals surface area contributed by atoms with Crippen molar-refractivity contribution in [3.8, 4) is 11.4 Å². The highest BCUT2D eigenvalue weighted by Crippen LogP contribution is 2.34. The monoisotopic (exact) mass is 351 g/mol. The summed E-state index contributed by atoms with van der Waals surface area (Å²) in [7, 11) is 0. The molecule has 0 spiro atoms. The van der Waals surface area contributed by atoms with E-state index in [2.05, 4.69) is 20.0 Å². The Labute approximate surface area is 143 Å². The van der Waals surface area contributed by atoms with Crippen molar-refractivity contribution in [2.75, 3.05) is 6.61 Å². The third kappa shape index (κ3) is 3.94. The van der Waals surface area contributed by atoms with Gasteiger partial charge in [0, 0.05) is 5.56 Å². The van der Waals surface area contributed by atoms with E-state index in [1.807, 2.05) is 26.0 Å². The predicted octanol–water partition coefficient (Wildman–Crippen LogP) is 4.04. The van der Waals surface area contributed by atoms with Gasteiger partial charge in [-0.25, -0.2) is 4.79 Å². The fourth-order valence-electron chi connectivity index (χ4n) is 2.77. The summed E-state index contributed by atoms with van der Waals surface area (Å²) < 4.78 is 34.8. The van der Waals surface area contributed by atoms with Gasteiger partial charge in [-0.1, -0.05) is 31.1 Å². The van der Waals surface area contributed by atoms with E-state index in [1.54, 1.807) is 6.07 Å². The van der Waals surface area contributed by atoms with Crippen LogP contribution in [0.5, 0.6) is 0 Å². The number of fused-ring (bicyclic) bond motifs is 1. The van der Waals surface area contributed by atoms with Gasteiger partial charge < -0.3 is 14.6 Å². The molecule has 1 aromatic heterocycles. The second-order valence-electron chi connectivity index (χ2n) is 6.40. The molecule has 1 N–H and O–H groups in total. The first-order valence-electron chi connectivity index (χ1n) is 8.12. The third-order valence-corrected chi connectivity index (χ3v) is 3.95. The van der Waals surface area contributed by atoms with Crippen molar-refractivity contribution in [1.29, 1.82) is 0 Å². The van der Waals surface area contributed by atoms with Crippen LogP contribution in [0.1, 0.15) is 49.8 Å². The minimum absolute atomic E-state index is 0.120. The minimum Gasteiger partial charge on any atom is -0.449 e. The first-order chi connectivity index (χ1) is 11.9. The molecule has 0 fully saturated rings. The highest BCUT2D eigenvalue weighted by atomic mass is 19.3. The Hall–Kier alpha value is -2.51. The molecule has 1 atom stereocenters. The number of nitrogens with one attached hydrogen (secondary N) is 1. The van der Waals surface area contributed by atoms with Crippen LogP contribution in [0.4, 0.5) is 13.6 Å². The smallest absolute Gasteiger partial charge is 0.407 e. The molecule has 6 nitrogen and oxygen atoms in total. The van der Waals surface area contributed by atoms with Gasteiger partial charge in [-0.05, 0) is 36.0 Å². The summed E-state index contributed by atoms with van der Waals surface area (Å²) in [5.41, 5.74) is 2.62. The molecule has 0 aliphatic heterocycles. The fourth-order valence-corrected chi connectivity index (χ4v) is 2.77. The number of carbonyl (C=O) groups is 1. The molecular weight excluding hydrogens is 332 g/mol. The summed E-state index contributed by atoms with van der Waals surface area (Å²) in [5, 5.41) is 6.44. The molecule has 0 unspecified atom stereocenters. The van der Waals surface area contributed by atoms with Gasteiger partial charge in [-0.3, -0.25) is 0 Å². The number of ether oxygens (including phenoxy) is 1. The number of halogens is 2. The molecule has 8 heteroatoms. The van der Waals surface area contributed by atoms with E-state index in [9.17, 15) is 13.6 Å². The number of alkyl carbamates (subject to hydrolysis) is 1. The number of alkyl halides is 2. The lowest BCUT2D eigenvalue weighted by atomic mass is 10.0. The normalized spacial score (nSPS) is 16.3. The Morgan fingerprint density at radius 3 is 2.92 bits per heavy atom. The molecule has 1 heterocycles. The predicted molar refractivity (Wildman–Crippen MR) is 85.1 cm³/mol. The fraction of sp³-hybridized carbons (Fsp3) is 0.471. The largest absolute Gasteiger partial charge is 0.449 e. The molecule has 1 aliphatic rings. The lowest BCUT2D eigenvalue weighted by molar-refractivity contribution is 0.106. The number of benzene rings is 1. The number of nitrogens with zero attached hydrogens (tertiary/aromatic N) is 2. The Bertz CT molecular complexity index is 761.